The Balaban J connectivity index is 1.78. The number of hydrogen-bond donors (Lipinski definition) is 2. The predicted molar refractivity (Wildman–Crippen MR) is 113 cm³/mol. The summed E-state index contributed by atoms with van der Waals surface area (Å²) in [5.41, 5.74) is 9.99. The Bertz CT molecular complexity index is 958. The lowest BCUT2D eigenvalue weighted by Gasteiger charge is -2.20. The molecule has 0 unspecified atom stereocenters. The zero-order valence-electron chi connectivity index (χ0n) is 16.8. The minimum Gasteiger partial charge on any atom is -0.459 e. The normalized spacial score (nSPS) is 11.3. The van der Waals surface area contributed by atoms with Crippen LogP contribution in [0.15, 0.2) is 41.0 Å². The van der Waals surface area contributed by atoms with Crippen LogP contribution < -0.4 is 11.1 Å². The summed E-state index contributed by atoms with van der Waals surface area (Å²) in [7, 11) is 0. The Morgan fingerprint density at radius 1 is 1.18 bits per heavy atom. The molecular weight excluding hydrogens is 352 g/mol. The molecule has 148 valence electrons. The van der Waals surface area contributed by atoms with Crippen molar-refractivity contribution >= 4 is 28.2 Å². The van der Waals surface area contributed by atoms with E-state index in [1.165, 1.54) is 0 Å². The number of nitrogens with one attached hydrogen (secondary N) is 1. The zero-order valence-corrected chi connectivity index (χ0v) is 16.8. The molecule has 1 amide bonds. The van der Waals surface area contributed by atoms with Crippen molar-refractivity contribution in [1.29, 1.82) is 0 Å². The van der Waals surface area contributed by atoms with Crippen LogP contribution in [0.2, 0.25) is 0 Å². The van der Waals surface area contributed by atoms with E-state index in [-0.39, 0.29) is 5.91 Å². The van der Waals surface area contributed by atoms with Gasteiger partial charge in [0.25, 0.3) is 5.91 Å². The van der Waals surface area contributed by atoms with Gasteiger partial charge in [-0.25, -0.2) is 0 Å². The summed E-state index contributed by atoms with van der Waals surface area (Å²) in [6.45, 7) is 8.92. The summed E-state index contributed by atoms with van der Waals surface area (Å²) in [4.78, 5) is 19.6. The zero-order chi connectivity index (χ0) is 20.1. The van der Waals surface area contributed by atoms with Gasteiger partial charge in [0.05, 0.1) is 11.8 Å². The highest BCUT2D eigenvalue weighted by Gasteiger charge is 2.18. The molecule has 3 N–H and O–H groups in total. The number of hydrogen-bond acceptors (Lipinski definition) is 5. The second kappa shape index (κ2) is 8.89. The van der Waals surface area contributed by atoms with E-state index in [0.29, 0.717) is 23.7 Å². The van der Waals surface area contributed by atoms with Gasteiger partial charge in [-0.2, -0.15) is 0 Å². The van der Waals surface area contributed by atoms with Crippen molar-refractivity contribution in [3.05, 3.63) is 53.6 Å². The van der Waals surface area contributed by atoms with E-state index in [4.69, 9.17) is 10.2 Å². The molecule has 0 aliphatic carbocycles. The summed E-state index contributed by atoms with van der Waals surface area (Å²) in [6, 6.07) is 9.24. The number of aryl methyl sites for hydroxylation is 1. The molecule has 0 saturated carbocycles. The molecule has 0 saturated heterocycles. The third kappa shape index (κ3) is 4.51. The van der Waals surface area contributed by atoms with Gasteiger partial charge in [0, 0.05) is 34.6 Å². The standard InChI is InChI=1S/C22H28N4O2/c1-4-9-26(10-5-2)14-16-8-11-28-21(16)22(27)25-17-6-7-20-18(13-17)19(23)12-15(3)24-20/h6-8,11-13H,4-5,9-10,14H2,1-3H3,(H2,23,24)(H,25,27). The first kappa shape index (κ1) is 19.9. The Morgan fingerprint density at radius 2 is 1.93 bits per heavy atom. The van der Waals surface area contributed by atoms with Gasteiger partial charge in [-0.15, -0.1) is 0 Å². The molecular formula is C22H28N4O2. The highest BCUT2D eigenvalue weighted by molar-refractivity contribution is 6.04. The van der Waals surface area contributed by atoms with Gasteiger partial charge in [-0.3, -0.25) is 14.7 Å². The molecule has 3 rings (SSSR count). The van der Waals surface area contributed by atoms with Gasteiger partial charge in [0.1, 0.15) is 0 Å². The van der Waals surface area contributed by atoms with E-state index >= 15 is 0 Å². The fraction of sp³-hybridized carbons (Fsp3) is 0.364. The van der Waals surface area contributed by atoms with Crippen LogP contribution in [-0.4, -0.2) is 28.9 Å². The van der Waals surface area contributed by atoms with Crippen LogP contribution in [0.25, 0.3) is 10.9 Å². The van der Waals surface area contributed by atoms with Crippen molar-refractivity contribution in [1.82, 2.24) is 9.88 Å². The van der Waals surface area contributed by atoms with Crippen molar-refractivity contribution in [2.75, 3.05) is 24.1 Å². The minimum atomic E-state index is -0.258. The molecule has 0 atom stereocenters. The summed E-state index contributed by atoms with van der Waals surface area (Å²) in [5, 5.41) is 3.74. The van der Waals surface area contributed by atoms with Gasteiger partial charge in [0.2, 0.25) is 0 Å². The minimum absolute atomic E-state index is 0.258. The van der Waals surface area contributed by atoms with Crippen molar-refractivity contribution in [3.8, 4) is 0 Å². The average molecular weight is 380 g/mol. The van der Waals surface area contributed by atoms with Crippen molar-refractivity contribution in [3.63, 3.8) is 0 Å². The van der Waals surface area contributed by atoms with Gasteiger partial charge in [0.15, 0.2) is 5.76 Å². The molecule has 6 heteroatoms. The van der Waals surface area contributed by atoms with Crippen LogP contribution in [0.4, 0.5) is 11.4 Å². The maximum absolute atomic E-state index is 12.8. The largest absolute Gasteiger partial charge is 0.459 e. The molecule has 0 bridgehead atoms. The number of amides is 1. The number of fused-ring (bicyclic) bond motifs is 1. The Hall–Kier alpha value is -2.86. The van der Waals surface area contributed by atoms with Crippen molar-refractivity contribution in [2.24, 2.45) is 0 Å². The van der Waals surface area contributed by atoms with Crippen LogP contribution in [0.5, 0.6) is 0 Å². The van der Waals surface area contributed by atoms with Gasteiger partial charge < -0.3 is 15.5 Å². The highest BCUT2D eigenvalue weighted by Crippen LogP contribution is 2.25. The number of furan rings is 1. The lowest BCUT2D eigenvalue weighted by atomic mass is 10.1. The molecule has 2 heterocycles. The number of nitrogens with zero attached hydrogens (tertiary/aromatic N) is 2. The first-order chi connectivity index (χ1) is 13.5. The van der Waals surface area contributed by atoms with Crippen LogP contribution in [0.3, 0.4) is 0 Å². The van der Waals surface area contributed by atoms with E-state index in [1.807, 2.05) is 37.3 Å². The molecule has 0 aliphatic rings. The molecule has 3 aromatic rings. The molecule has 1 aromatic carbocycles. The van der Waals surface area contributed by atoms with Crippen LogP contribution in [0.1, 0.15) is 48.5 Å². The summed E-state index contributed by atoms with van der Waals surface area (Å²) in [5.74, 6) is 0.0956. The molecule has 0 fully saturated rings. The number of aromatic nitrogens is 1. The molecule has 0 spiro atoms. The lowest BCUT2D eigenvalue weighted by molar-refractivity contribution is 0.0994. The number of rotatable bonds is 8. The second-order valence-corrected chi connectivity index (χ2v) is 7.09. The molecule has 0 radical (unpaired) electrons. The maximum atomic E-state index is 12.8. The highest BCUT2D eigenvalue weighted by atomic mass is 16.3. The SMILES string of the molecule is CCCN(CCC)Cc1ccoc1C(=O)Nc1ccc2nc(C)cc(N)c2c1. The maximum Gasteiger partial charge on any atom is 0.291 e. The average Bonchev–Trinajstić information content (AvgIpc) is 3.11. The van der Waals surface area contributed by atoms with E-state index in [9.17, 15) is 4.79 Å². The molecule has 6 nitrogen and oxygen atoms in total. The van der Waals surface area contributed by atoms with Crippen molar-refractivity contribution in [2.45, 2.75) is 40.2 Å². The number of anilines is 2. The lowest BCUT2D eigenvalue weighted by Crippen LogP contribution is -2.26. The third-order valence-electron chi connectivity index (χ3n) is 4.65. The monoisotopic (exact) mass is 380 g/mol. The van der Waals surface area contributed by atoms with Crippen LogP contribution >= 0.6 is 0 Å². The Kier molecular flexibility index (Phi) is 6.31. The second-order valence-electron chi connectivity index (χ2n) is 7.09. The van der Waals surface area contributed by atoms with Crippen molar-refractivity contribution < 1.29 is 9.21 Å². The number of nitrogen functional groups attached to an aromatic ring is 1. The summed E-state index contributed by atoms with van der Waals surface area (Å²) < 4.78 is 5.51. The number of nitrogens with two attached hydrogens (primary N) is 1. The Labute approximate surface area is 165 Å². The first-order valence-electron chi connectivity index (χ1n) is 9.78. The topological polar surface area (TPSA) is 84.4 Å². The summed E-state index contributed by atoms with van der Waals surface area (Å²) >= 11 is 0. The van der Waals surface area contributed by atoms with E-state index in [2.05, 4.69) is 29.0 Å². The fourth-order valence-electron chi connectivity index (χ4n) is 3.46. The van der Waals surface area contributed by atoms with Gasteiger partial charge in [-0.1, -0.05) is 13.8 Å². The molecule has 28 heavy (non-hydrogen) atoms. The van der Waals surface area contributed by atoms with Gasteiger partial charge >= 0.3 is 0 Å². The summed E-state index contributed by atoms with van der Waals surface area (Å²) in [6.07, 6.45) is 3.72. The number of carbonyl (C=O) groups is 1. The van der Waals surface area contributed by atoms with Crippen LogP contribution in [-0.2, 0) is 6.54 Å². The first-order valence-corrected chi connectivity index (χ1v) is 9.78. The van der Waals surface area contributed by atoms with E-state index < -0.39 is 0 Å². The van der Waals surface area contributed by atoms with Crippen LogP contribution in [0, 0.1) is 6.92 Å². The number of pyridine rings is 1. The molecule has 2 aromatic heterocycles. The quantitative estimate of drug-likeness (QED) is 0.597. The third-order valence-corrected chi connectivity index (χ3v) is 4.65. The van der Waals surface area contributed by atoms with Gasteiger partial charge in [-0.05, 0) is 63.2 Å². The predicted octanol–water partition coefficient (Wildman–Crippen LogP) is 4.59. The number of carbonyl (C=O) groups excluding carboxylic acids is 1. The number of benzene rings is 1. The van der Waals surface area contributed by atoms with E-state index in [0.717, 1.165) is 48.1 Å². The smallest absolute Gasteiger partial charge is 0.291 e. The van der Waals surface area contributed by atoms with E-state index in [1.54, 1.807) is 6.26 Å². The molecule has 0 aliphatic heterocycles. The Morgan fingerprint density at radius 3 is 2.64 bits per heavy atom. The fourth-order valence-corrected chi connectivity index (χ4v) is 3.46.